The lowest BCUT2D eigenvalue weighted by atomic mass is 10.2. The third-order valence-corrected chi connectivity index (χ3v) is 4.66. The summed E-state index contributed by atoms with van der Waals surface area (Å²) in [6, 6.07) is 14.9. The van der Waals surface area contributed by atoms with Crippen LogP contribution in [-0.4, -0.2) is 24.4 Å². The first-order valence-electron chi connectivity index (χ1n) is 7.29. The summed E-state index contributed by atoms with van der Waals surface area (Å²) in [6.07, 6.45) is 2.98. The van der Waals surface area contributed by atoms with E-state index in [0.29, 0.717) is 16.5 Å². The van der Waals surface area contributed by atoms with Crippen LogP contribution in [0.25, 0.3) is 5.69 Å². The van der Waals surface area contributed by atoms with Crippen molar-refractivity contribution in [3.8, 4) is 11.8 Å². The van der Waals surface area contributed by atoms with Crippen LogP contribution >= 0.6 is 11.6 Å². The average molecular weight is 386 g/mol. The van der Waals surface area contributed by atoms with Gasteiger partial charge in [-0.3, -0.25) is 0 Å². The van der Waals surface area contributed by atoms with Crippen LogP contribution < -0.4 is 5.14 Å². The minimum absolute atomic E-state index is 0.0138. The minimum Gasteiger partial charge on any atom is -0.235 e. The molecule has 9 heteroatoms. The molecule has 3 rings (SSSR count). The maximum absolute atomic E-state index is 11.4. The highest BCUT2D eigenvalue weighted by Crippen LogP contribution is 2.23. The number of hydrogen-bond acceptors (Lipinski definition) is 5. The van der Waals surface area contributed by atoms with Crippen LogP contribution in [0.4, 0.5) is 5.82 Å². The lowest BCUT2D eigenvalue weighted by Crippen LogP contribution is -2.12. The van der Waals surface area contributed by atoms with Crippen LogP contribution in [0.3, 0.4) is 0 Å². The second kappa shape index (κ2) is 7.09. The molecule has 2 aromatic carbocycles. The molecule has 0 saturated heterocycles. The average Bonchev–Trinajstić information content (AvgIpc) is 3.03. The molecule has 130 valence electrons. The Labute approximate surface area is 155 Å². The summed E-state index contributed by atoms with van der Waals surface area (Å²) in [5.41, 5.74) is 1.63. The highest BCUT2D eigenvalue weighted by atomic mass is 35.5. The third kappa shape index (κ3) is 3.81. The second-order valence-electron chi connectivity index (χ2n) is 5.25. The molecular weight excluding hydrogens is 374 g/mol. The van der Waals surface area contributed by atoms with Crippen molar-refractivity contribution in [2.45, 2.75) is 4.90 Å². The standard InChI is InChI=1S/C17H12ClN5O2S/c18-14-3-1-12(2-4-14)10-21-17-13(9-19)11-22-23(17)15-5-7-16(8-6-15)26(20,24)25/h1-8,10-11H,(H2,20,24,25)/b21-10+. The highest BCUT2D eigenvalue weighted by Gasteiger charge is 2.13. The zero-order valence-electron chi connectivity index (χ0n) is 13.2. The van der Waals surface area contributed by atoms with E-state index in [4.69, 9.17) is 16.7 Å². The quantitative estimate of drug-likeness (QED) is 0.695. The van der Waals surface area contributed by atoms with Crippen LogP contribution in [0.2, 0.25) is 5.02 Å². The van der Waals surface area contributed by atoms with Gasteiger partial charge < -0.3 is 0 Å². The van der Waals surface area contributed by atoms with E-state index in [1.54, 1.807) is 30.5 Å². The van der Waals surface area contributed by atoms with Gasteiger partial charge >= 0.3 is 0 Å². The smallest absolute Gasteiger partial charge is 0.235 e. The number of primary sulfonamides is 1. The van der Waals surface area contributed by atoms with Gasteiger partial charge in [-0.15, -0.1) is 0 Å². The molecule has 0 spiro atoms. The molecule has 0 fully saturated rings. The van der Waals surface area contributed by atoms with E-state index in [1.807, 2.05) is 6.07 Å². The van der Waals surface area contributed by atoms with Crippen molar-refractivity contribution in [1.29, 1.82) is 5.26 Å². The first-order valence-corrected chi connectivity index (χ1v) is 9.22. The lowest BCUT2D eigenvalue weighted by Gasteiger charge is -2.05. The number of rotatable bonds is 4. The summed E-state index contributed by atoms with van der Waals surface area (Å²) in [5, 5.41) is 19.1. The molecule has 3 aromatic rings. The van der Waals surface area contributed by atoms with Gasteiger partial charge in [-0.05, 0) is 42.0 Å². The molecule has 0 radical (unpaired) electrons. The van der Waals surface area contributed by atoms with Gasteiger partial charge in [0.05, 0.1) is 16.8 Å². The monoisotopic (exact) mass is 385 g/mol. The first kappa shape index (κ1) is 17.8. The van der Waals surface area contributed by atoms with Gasteiger partial charge in [-0.1, -0.05) is 23.7 Å². The van der Waals surface area contributed by atoms with Crippen LogP contribution in [0.15, 0.2) is 64.6 Å². The number of nitriles is 1. The predicted molar refractivity (Wildman–Crippen MR) is 98.4 cm³/mol. The zero-order chi connectivity index (χ0) is 18.7. The molecule has 26 heavy (non-hydrogen) atoms. The number of nitrogens with two attached hydrogens (primary N) is 1. The molecule has 1 heterocycles. The zero-order valence-corrected chi connectivity index (χ0v) is 14.8. The molecular formula is C17H12ClN5O2S. The molecule has 2 N–H and O–H groups in total. The van der Waals surface area contributed by atoms with E-state index in [9.17, 15) is 13.7 Å². The van der Waals surface area contributed by atoms with Gasteiger partial charge in [0.2, 0.25) is 10.0 Å². The van der Waals surface area contributed by atoms with E-state index in [-0.39, 0.29) is 10.5 Å². The van der Waals surface area contributed by atoms with Crippen molar-refractivity contribution >= 4 is 33.7 Å². The Bertz CT molecular complexity index is 1110. The third-order valence-electron chi connectivity index (χ3n) is 3.48. The molecule has 0 unspecified atom stereocenters. The van der Waals surface area contributed by atoms with E-state index in [1.165, 1.54) is 35.1 Å². The largest absolute Gasteiger partial charge is 0.238 e. The Balaban J connectivity index is 2.00. The molecule has 0 aliphatic carbocycles. The van der Waals surface area contributed by atoms with Crippen molar-refractivity contribution in [3.63, 3.8) is 0 Å². The number of aromatic nitrogens is 2. The normalized spacial score (nSPS) is 11.6. The number of hydrogen-bond donors (Lipinski definition) is 1. The molecule has 7 nitrogen and oxygen atoms in total. The number of nitrogens with zero attached hydrogens (tertiary/aromatic N) is 4. The van der Waals surface area contributed by atoms with Gasteiger partial charge in [-0.25, -0.2) is 23.2 Å². The second-order valence-corrected chi connectivity index (χ2v) is 7.25. The minimum atomic E-state index is -3.78. The van der Waals surface area contributed by atoms with Crippen molar-refractivity contribution < 1.29 is 8.42 Å². The van der Waals surface area contributed by atoms with Gasteiger partial charge in [0.15, 0.2) is 5.82 Å². The SMILES string of the molecule is N#Cc1cnn(-c2ccc(S(N)(=O)=O)cc2)c1/N=C/c1ccc(Cl)cc1. The van der Waals surface area contributed by atoms with Gasteiger partial charge in [0.25, 0.3) is 0 Å². The Hall–Kier alpha value is -2.99. The summed E-state index contributed by atoms with van der Waals surface area (Å²) >= 11 is 5.86. The lowest BCUT2D eigenvalue weighted by molar-refractivity contribution is 0.598. The van der Waals surface area contributed by atoms with Crippen molar-refractivity contribution in [2.24, 2.45) is 10.1 Å². The van der Waals surface area contributed by atoms with Crippen molar-refractivity contribution in [1.82, 2.24) is 9.78 Å². The highest BCUT2D eigenvalue weighted by molar-refractivity contribution is 7.89. The van der Waals surface area contributed by atoms with Crippen molar-refractivity contribution in [3.05, 3.63) is 70.9 Å². The number of aliphatic imine (C=N–C) groups is 1. The fraction of sp³-hybridized carbons (Fsp3) is 0. The molecule has 0 aliphatic rings. The molecule has 0 aliphatic heterocycles. The summed E-state index contributed by atoms with van der Waals surface area (Å²) in [7, 11) is -3.78. The fourth-order valence-electron chi connectivity index (χ4n) is 2.20. The number of benzene rings is 2. The van der Waals surface area contributed by atoms with Crippen LogP contribution in [0.5, 0.6) is 0 Å². The van der Waals surface area contributed by atoms with Crippen LogP contribution in [-0.2, 0) is 10.0 Å². The maximum Gasteiger partial charge on any atom is 0.238 e. The summed E-state index contributed by atoms with van der Waals surface area (Å²) in [4.78, 5) is 4.34. The summed E-state index contributed by atoms with van der Waals surface area (Å²) in [6.45, 7) is 0. The van der Waals surface area contributed by atoms with Gasteiger partial charge in [0, 0.05) is 11.2 Å². The summed E-state index contributed by atoms with van der Waals surface area (Å²) in [5.74, 6) is 0.325. The maximum atomic E-state index is 11.4. The van der Waals surface area contributed by atoms with Gasteiger partial charge in [-0.2, -0.15) is 10.4 Å². The Morgan fingerprint density at radius 2 is 1.81 bits per heavy atom. The Kier molecular flexibility index (Phi) is 4.86. The Morgan fingerprint density at radius 1 is 1.15 bits per heavy atom. The number of halogens is 1. The van der Waals surface area contributed by atoms with Crippen LogP contribution in [0, 0.1) is 11.3 Å². The molecule has 1 aromatic heterocycles. The molecule has 0 saturated carbocycles. The van der Waals surface area contributed by atoms with E-state index >= 15 is 0 Å². The van der Waals surface area contributed by atoms with E-state index in [0.717, 1.165) is 5.56 Å². The molecule has 0 bridgehead atoms. The van der Waals surface area contributed by atoms with Crippen molar-refractivity contribution in [2.75, 3.05) is 0 Å². The van der Waals surface area contributed by atoms with Crippen LogP contribution in [0.1, 0.15) is 11.1 Å². The van der Waals surface area contributed by atoms with Gasteiger partial charge in [0.1, 0.15) is 11.6 Å². The van der Waals surface area contributed by atoms with E-state index < -0.39 is 10.0 Å². The predicted octanol–water partition coefficient (Wildman–Crippen LogP) is 2.80. The topological polar surface area (TPSA) is 114 Å². The van der Waals surface area contributed by atoms with E-state index in [2.05, 4.69) is 10.1 Å². The molecule has 0 atom stereocenters. The first-order chi connectivity index (χ1) is 12.4. The summed E-state index contributed by atoms with van der Waals surface area (Å²) < 4.78 is 24.2. The fourth-order valence-corrected chi connectivity index (χ4v) is 2.84. The molecule has 0 amide bonds. The number of sulfonamides is 1. The Morgan fingerprint density at radius 3 is 2.38 bits per heavy atom.